The molecule has 0 saturated carbocycles. The standard InChI is InChI=1S/C9H10O2.C6H6O/c1-2-7-3-5-8(6-4-7)9(10)11;7-6-4-2-1-3-5-6/h3-6H,2H2,1H3,(H,10,11);1-5,7H. The fraction of sp³-hybridized carbons (Fsp3) is 0.133. The van der Waals surface area contributed by atoms with Gasteiger partial charge in [-0.15, -0.1) is 0 Å². The number of phenols is 1. The smallest absolute Gasteiger partial charge is 0.335 e. The van der Waals surface area contributed by atoms with E-state index in [0.717, 1.165) is 12.0 Å². The molecule has 0 bridgehead atoms. The fourth-order valence-corrected chi connectivity index (χ4v) is 1.31. The van der Waals surface area contributed by atoms with Gasteiger partial charge in [0.05, 0.1) is 5.56 Å². The summed E-state index contributed by atoms with van der Waals surface area (Å²) < 4.78 is 0. The van der Waals surface area contributed by atoms with Crippen molar-refractivity contribution in [3.63, 3.8) is 0 Å². The van der Waals surface area contributed by atoms with Crippen LogP contribution in [0, 0.1) is 0 Å². The van der Waals surface area contributed by atoms with E-state index in [2.05, 4.69) is 0 Å². The highest BCUT2D eigenvalue weighted by atomic mass is 16.4. The average Bonchev–Trinajstić information content (AvgIpc) is 2.40. The minimum Gasteiger partial charge on any atom is -0.508 e. The third kappa shape index (κ3) is 4.70. The fourth-order valence-electron chi connectivity index (χ4n) is 1.31. The second-order valence-corrected chi connectivity index (χ2v) is 3.69. The molecule has 0 aromatic heterocycles. The SMILES string of the molecule is CCc1ccc(C(=O)O)cc1.Oc1ccccc1. The molecule has 0 atom stereocenters. The second kappa shape index (κ2) is 7.12. The molecule has 2 N–H and O–H groups in total. The summed E-state index contributed by atoms with van der Waals surface area (Å²) in [6.07, 6.45) is 0.944. The van der Waals surface area contributed by atoms with Crippen LogP contribution in [0.15, 0.2) is 54.6 Å². The first-order chi connectivity index (χ1) is 8.63. The van der Waals surface area contributed by atoms with E-state index in [1.165, 1.54) is 0 Å². The van der Waals surface area contributed by atoms with Gasteiger partial charge in [-0.2, -0.15) is 0 Å². The number of carboxylic acids is 1. The number of aryl methyl sites for hydroxylation is 1. The van der Waals surface area contributed by atoms with Crippen LogP contribution in [0.25, 0.3) is 0 Å². The van der Waals surface area contributed by atoms with Crippen molar-refractivity contribution in [3.05, 3.63) is 65.7 Å². The van der Waals surface area contributed by atoms with Crippen LogP contribution in [-0.2, 0) is 6.42 Å². The number of carboxylic acid groups (broad SMARTS) is 1. The zero-order chi connectivity index (χ0) is 13.4. The Labute approximate surface area is 106 Å². The molecule has 0 spiro atoms. The Balaban J connectivity index is 0.000000199. The van der Waals surface area contributed by atoms with Gasteiger partial charge in [-0.25, -0.2) is 4.79 Å². The molecule has 2 aromatic rings. The van der Waals surface area contributed by atoms with Gasteiger partial charge in [0, 0.05) is 0 Å². The summed E-state index contributed by atoms with van der Waals surface area (Å²) in [6, 6.07) is 15.6. The summed E-state index contributed by atoms with van der Waals surface area (Å²) in [5.41, 5.74) is 1.51. The molecule has 2 aromatic carbocycles. The Morgan fingerprint density at radius 3 is 1.89 bits per heavy atom. The maximum absolute atomic E-state index is 10.4. The van der Waals surface area contributed by atoms with Crippen molar-refractivity contribution in [2.45, 2.75) is 13.3 Å². The normalized spacial score (nSPS) is 9.17. The van der Waals surface area contributed by atoms with Crippen LogP contribution >= 0.6 is 0 Å². The molecular formula is C15H16O3. The van der Waals surface area contributed by atoms with Crippen LogP contribution < -0.4 is 0 Å². The minimum absolute atomic E-state index is 0.322. The van der Waals surface area contributed by atoms with Gasteiger partial charge in [0.1, 0.15) is 5.75 Å². The van der Waals surface area contributed by atoms with Crippen molar-refractivity contribution in [2.75, 3.05) is 0 Å². The van der Waals surface area contributed by atoms with Crippen LogP contribution in [0.4, 0.5) is 0 Å². The highest BCUT2D eigenvalue weighted by Crippen LogP contribution is 2.04. The Morgan fingerprint density at radius 1 is 1.00 bits per heavy atom. The maximum Gasteiger partial charge on any atom is 0.335 e. The van der Waals surface area contributed by atoms with Gasteiger partial charge in [0.25, 0.3) is 0 Å². The van der Waals surface area contributed by atoms with Crippen molar-refractivity contribution in [2.24, 2.45) is 0 Å². The van der Waals surface area contributed by atoms with Crippen molar-refractivity contribution in [1.29, 1.82) is 0 Å². The molecule has 0 heterocycles. The van der Waals surface area contributed by atoms with E-state index in [1.54, 1.807) is 36.4 Å². The molecule has 94 valence electrons. The lowest BCUT2D eigenvalue weighted by Gasteiger charge is -1.96. The lowest BCUT2D eigenvalue weighted by Crippen LogP contribution is -1.95. The maximum atomic E-state index is 10.4. The lowest BCUT2D eigenvalue weighted by molar-refractivity contribution is 0.0697. The molecular weight excluding hydrogens is 228 g/mol. The van der Waals surface area contributed by atoms with Gasteiger partial charge in [0.15, 0.2) is 0 Å². The topological polar surface area (TPSA) is 57.5 Å². The molecule has 0 fully saturated rings. The summed E-state index contributed by atoms with van der Waals surface area (Å²) in [4.78, 5) is 10.4. The highest BCUT2D eigenvalue weighted by molar-refractivity contribution is 5.87. The van der Waals surface area contributed by atoms with Crippen LogP contribution in [0.2, 0.25) is 0 Å². The van der Waals surface area contributed by atoms with Crippen molar-refractivity contribution >= 4 is 5.97 Å². The first-order valence-corrected chi connectivity index (χ1v) is 5.69. The molecule has 0 radical (unpaired) electrons. The number of aromatic hydroxyl groups is 1. The minimum atomic E-state index is -0.868. The quantitative estimate of drug-likeness (QED) is 0.851. The molecule has 0 aliphatic carbocycles. The van der Waals surface area contributed by atoms with Gasteiger partial charge >= 0.3 is 5.97 Å². The van der Waals surface area contributed by atoms with Gasteiger partial charge in [-0.1, -0.05) is 37.3 Å². The summed E-state index contributed by atoms with van der Waals surface area (Å²) in [6.45, 7) is 2.04. The predicted molar refractivity (Wildman–Crippen MR) is 70.9 cm³/mol. The zero-order valence-electron chi connectivity index (χ0n) is 10.2. The lowest BCUT2D eigenvalue weighted by atomic mass is 10.1. The summed E-state index contributed by atoms with van der Waals surface area (Å²) >= 11 is 0. The van der Waals surface area contributed by atoms with Gasteiger partial charge in [-0.05, 0) is 36.2 Å². The van der Waals surface area contributed by atoms with Crippen LogP contribution in [0.3, 0.4) is 0 Å². The van der Waals surface area contributed by atoms with Crippen LogP contribution in [0.5, 0.6) is 5.75 Å². The number of hydrogen-bond donors (Lipinski definition) is 2. The largest absolute Gasteiger partial charge is 0.508 e. The Bertz CT molecular complexity index is 475. The van der Waals surface area contributed by atoms with Gasteiger partial charge in [-0.3, -0.25) is 0 Å². The van der Waals surface area contributed by atoms with Crippen LogP contribution in [-0.4, -0.2) is 16.2 Å². The van der Waals surface area contributed by atoms with E-state index >= 15 is 0 Å². The molecule has 0 unspecified atom stereocenters. The summed E-state index contributed by atoms with van der Waals surface area (Å²) in [5.74, 6) is -0.546. The molecule has 3 heteroatoms. The van der Waals surface area contributed by atoms with E-state index in [9.17, 15) is 4.79 Å². The molecule has 0 aliphatic rings. The third-order valence-electron chi connectivity index (χ3n) is 2.37. The van der Waals surface area contributed by atoms with Crippen molar-refractivity contribution < 1.29 is 15.0 Å². The Hall–Kier alpha value is -2.29. The van der Waals surface area contributed by atoms with E-state index in [4.69, 9.17) is 10.2 Å². The molecule has 0 amide bonds. The first-order valence-electron chi connectivity index (χ1n) is 5.69. The Kier molecular flexibility index (Phi) is 5.45. The molecule has 0 aliphatic heterocycles. The van der Waals surface area contributed by atoms with Crippen molar-refractivity contribution in [3.8, 4) is 5.75 Å². The van der Waals surface area contributed by atoms with Gasteiger partial charge < -0.3 is 10.2 Å². The second-order valence-electron chi connectivity index (χ2n) is 3.69. The zero-order valence-corrected chi connectivity index (χ0v) is 10.2. The highest BCUT2D eigenvalue weighted by Gasteiger charge is 1.99. The number of hydrogen-bond acceptors (Lipinski definition) is 2. The third-order valence-corrected chi connectivity index (χ3v) is 2.37. The summed E-state index contributed by atoms with van der Waals surface area (Å²) in [5, 5.41) is 17.2. The van der Waals surface area contributed by atoms with Gasteiger partial charge in [0.2, 0.25) is 0 Å². The predicted octanol–water partition coefficient (Wildman–Crippen LogP) is 3.34. The first kappa shape index (κ1) is 13.8. The number of aromatic carboxylic acids is 1. The number of carbonyl (C=O) groups is 1. The molecule has 2 rings (SSSR count). The number of benzene rings is 2. The van der Waals surface area contributed by atoms with E-state index in [-0.39, 0.29) is 0 Å². The Morgan fingerprint density at radius 2 is 1.56 bits per heavy atom. The van der Waals surface area contributed by atoms with E-state index < -0.39 is 5.97 Å². The number of rotatable bonds is 2. The molecule has 18 heavy (non-hydrogen) atoms. The van der Waals surface area contributed by atoms with E-state index in [0.29, 0.717) is 11.3 Å². The van der Waals surface area contributed by atoms with E-state index in [1.807, 2.05) is 25.1 Å². The number of phenolic OH excluding ortho intramolecular Hbond substituents is 1. The average molecular weight is 244 g/mol. The van der Waals surface area contributed by atoms with Crippen molar-refractivity contribution in [1.82, 2.24) is 0 Å². The molecule has 0 saturated heterocycles. The monoisotopic (exact) mass is 244 g/mol. The van der Waals surface area contributed by atoms with Crippen LogP contribution in [0.1, 0.15) is 22.8 Å². The molecule has 3 nitrogen and oxygen atoms in total. The summed E-state index contributed by atoms with van der Waals surface area (Å²) in [7, 11) is 0. The number of para-hydroxylation sites is 1.